The molecule has 0 aromatic heterocycles. The first-order valence-electron chi connectivity index (χ1n) is 8.31. The van der Waals surface area contributed by atoms with E-state index in [-0.39, 0.29) is 0 Å². The zero-order valence-electron chi connectivity index (χ0n) is 12.6. The first-order valence-corrected chi connectivity index (χ1v) is 8.31. The van der Waals surface area contributed by atoms with E-state index in [1.165, 1.54) is 69.3 Å². The van der Waals surface area contributed by atoms with E-state index >= 15 is 0 Å². The third-order valence-electron chi connectivity index (χ3n) is 5.62. The van der Waals surface area contributed by atoms with Gasteiger partial charge in [-0.15, -0.1) is 0 Å². The second-order valence-corrected chi connectivity index (χ2v) is 6.77. The number of nitrogens with zero attached hydrogens (tertiary/aromatic N) is 1. The van der Waals surface area contributed by atoms with Crippen molar-refractivity contribution in [2.75, 3.05) is 19.6 Å². The van der Waals surface area contributed by atoms with Crippen molar-refractivity contribution in [2.24, 2.45) is 11.1 Å². The van der Waals surface area contributed by atoms with Gasteiger partial charge in [0.25, 0.3) is 0 Å². The van der Waals surface area contributed by atoms with Crippen LogP contribution in [0.2, 0.25) is 0 Å². The molecule has 0 bridgehead atoms. The molecule has 1 saturated carbocycles. The maximum atomic E-state index is 5.82. The highest BCUT2D eigenvalue weighted by Gasteiger charge is 2.36. The molecule has 1 aromatic carbocycles. The number of nitrogens with two attached hydrogens (primary N) is 1. The van der Waals surface area contributed by atoms with Crippen LogP contribution in [0.5, 0.6) is 0 Å². The topological polar surface area (TPSA) is 29.3 Å². The summed E-state index contributed by atoms with van der Waals surface area (Å²) in [6.45, 7) is 4.49. The summed E-state index contributed by atoms with van der Waals surface area (Å²) < 4.78 is 0. The first kappa shape index (κ1) is 14.1. The van der Waals surface area contributed by atoms with Gasteiger partial charge in [0.15, 0.2) is 0 Å². The molecule has 0 unspecified atom stereocenters. The van der Waals surface area contributed by atoms with Crippen LogP contribution in [-0.4, -0.2) is 24.5 Å². The summed E-state index contributed by atoms with van der Waals surface area (Å²) in [5.41, 5.74) is 9.32. The number of hydrogen-bond donors (Lipinski definition) is 1. The third kappa shape index (κ3) is 3.07. The number of piperidine rings is 1. The van der Waals surface area contributed by atoms with Crippen molar-refractivity contribution in [2.45, 2.75) is 51.5 Å². The summed E-state index contributed by atoms with van der Waals surface area (Å²) in [5.74, 6) is 0. The summed E-state index contributed by atoms with van der Waals surface area (Å²) in [5, 5.41) is 0. The van der Waals surface area contributed by atoms with Gasteiger partial charge in [-0.05, 0) is 61.7 Å². The summed E-state index contributed by atoms with van der Waals surface area (Å²) in [4.78, 5) is 2.66. The molecule has 1 heterocycles. The Morgan fingerprint density at radius 3 is 2.25 bits per heavy atom. The van der Waals surface area contributed by atoms with E-state index < -0.39 is 0 Å². The number of benzene rings is 1. The second kappa shape index (κ2) is 6.28. The molecule has 2 heteroatoms. The average molecular weight is 272 g/mol. The van der Waals surface area contributed by atoms with Gasteiger partial charge in [-0.1, -0.05) is 37.1 Å². The van der Waals surface area contributed by atoms with E-state index in [4.69, 9.17) is 5.73 Å². The van der Waals surface area contributed by atoms with Crippen LogP contribution in [0.1, 0.15) is 49.7 Å². The molecule has 2 N–H and O–H groups in total. The van der Waals surface area contributed by atoms with E-state index in [1.807, 2.05) is 0 Å². The third-order valence-corrected chi connectivity index (χ3v) is 5.62. The molecule has 0 atom stereocenters. The van der Waals surface area contributed by atoms with Crippen LogP contribution in [0.15, 0.2) is 24.3 Å². The number of rotatable bonds is 4. The molecule has 0 radical (unpaired) electrons. The van der Waals surface area contributed by atoms with Crippen molar-refractivity contribution in [1.29, 1.82) is 0 Å². The minimum absolute atomic E-state index is 0.666. The van der Waals surface area contributed by atoms with Gasteiger partial charge in [0.2, 0.25) is 0 Å². The van der Waals surface area contributed by atoms with Crippen molar-refractivity contribution in [3.8, 4) is 0 Å². The number of likely N-dealkylation sites (tertiary alicyclic amines) is 1. The van der Waals surface area contributed by atoms with Gasteiger partial charge in [-0.2, -0.15) is 0 Å². The predicted molar refractivity (Wildman–Crippen MR) is 84.6 cm³/mol. The molecule has 1 spiro atoms. The summed E-state index contributed by atoms with van der Waals surface area (Å²) in [6, 6.07) is 8.64. The number of hydrogen-bond acceptors (Lipinski definition) is 2. The Morgan fingerprint density at radius 2 is 1.60 bits per heavy atom. The van der Waals surface area contributed by atoms with Crippen molar-refractivity contribution >= 4 is 0 Å². The largest absolute Gasteiger partial charge is 0.326 e. The molecule has 1 aliphatic heterocycles. The molecule has 110 valence electrons. The van der Waals surface area contributed by atoms with Crippen LogP contribution in [0.25, 0.3) is 0 Å². The van der Waals surface area contributed by atoms with E-state index in [9.17, 15) is 0 Å². The normalized spacial score (nSPS) is 22.4. The summed E-state index contributed by atoms with van der Waals surface area (Å²) >= 11 is 0. The lowest BCUT2D eigenvalue weighted by Crippen LogP contribution is -2.39. The van der Waals surface area contributed by atoms with Gasteiger partial charge in [0.05, 0.1) is 0 Å². The van der Waals surface area contributed by atoms with Crippen molar-refractivity contribution in [3.05, 3.63) is 35.4 Å². The quantitative estimate of drug-likeness (QED) is 0.911. The van der Waals surface area contributed by atoms with E-state index in [0.717, 1.165) is 11.8 Å². The highest BCUT2D eigenvalue weighted by atomic mass is 15.1. The van der Waals surface area contributed by atoms with Crippen LogP contribution >= 0.6 is 0 Å². The molecule has 3 rings (SSSR count). The SMILES string of the molecule is NCc1ccccc1CCN1CCC2(CCCC2)CC1. The molecule has 0 amide bonds. The fraction of sp³-hybridized carbons (Fsp3) is 0.667. The summed E-state index contributed by atoms with van der Waals surface area (Å²) in [6.07, 6.45) is 9.97. The molecule has 1 aromatic rings. The molecule has 20 heavy (non-hydrogen) atoms. The van der Waals surface area contributed by atoms with E-state index in [1.54, 1.807) is 0 Å². The molecule has 2 fully saturated rings. The smallest absolute Gasteiger partial charge is 0.0180 e. The Balaban J connectivity index is 1.50. The standard InChI is InChI=1S/C18H28N2/c19-15-17-6-2-1-5-16(17)7-12-20-13-10-18(11-14-20)8-3-4-9-18/h1-2,5-6H,3-4,7-15,19H2. The molecule has 1 saturated heterocycles. The van der Waals surface area contributed by atoms with Crippen LogP contribution in [-0.2, 0) is 13.0 Å². The van der Waals surface area contributed by atoms with Crippen molar-refractivity contribution in [1.82, 2.24) is 4.90 Å². The van der Waals surface area contributed by atoms with Crippen LogP contribution < -0.4 is 5.73 Å². The van der Waals surface area contributed by atoms with Gasteiger partial charge in [-0.3, -0.25) is 0 Å². The molecule has 2 nitrogen and oxygen atoms in total. The van der Waals surface area contributed by atoms with Crippen LogP contribution in [0, 0.1) is 5.41 Å². The Kier molecular flexibility index (Phi) is 4.42. The van der Waals surface area contributed by atoms with Crippen LogP contribution in [0.4, 0.5) is 0 Å². The molecule has 2 aliphatic rings. The van der Waals surface area contributed by atoms with Gasteiger partial charge in [0, 0.05) is 13.1 Å². The lowest BCUT2D eigenvalue weighted by molar-refractivity contribution is 0.109. The van der Waals surface area contributed by atoms with Gasteiger partial charge < -0.3 is 10.6 Å². The van der Waals surface area contributed by atoms with Crippen molar-refractivity contribution in [3.63, 3.8) is 0 Å². The lowest BCUT2D eigenvalue weighted by Gasteiger charge is -2.39. The first-order chi connectivity index (χ1) is 9.81. The molecular weight excluding hydrogens is 244 g/mol. The maximum Gasteiger partial charge on any atom is 0.0180 e. The van der Waals surface area contributed by atoms with E-state index in [2.05, 4.69) is 29.2 Å². The second-order valence-electron chi connectivity index (χ2n) is 6.77. The lowest BCUT2D eigenvalue weighted by atomic mass is 9.77. The molecular formula is C18H28N2. The highest BCUT2D eigenvalue weighted by Crippen LogP contribution is 2.46. The fourth-order valence-corrected chi connectivity index (χ4v) is 4.16. The Morgan fingerprint density at radius 1 is 0.950 bits per heavy atom. The zero-order chi connectivity index (χ0) is 13.8. The van der Waals surface area contributed by atoms with E-state index in [0.29, 0.717) is 6.54 Å². The highest BCUT2D eigenvalue weighted by molar-refractivity contribution is 5.27. The summed E-state index contributed by atoms with van der Waals surface area (Å²) in [7, 11) is 0. The Labute approximate surface area is 123 Å². The van der Waals surface area contributed by atoms with Gasteiger partial charge in [-0.25, -0.2) is 0 Å². The zero-order valence-corrected chi connectivity index (χ0v) is 12.6. The predicted octanol–water partition coefficient (Wildman–Crippen LogP) is 3.34. The maximum absolute atomic E-state index is 5.82. The van der Waals surface area contributed by atoms with Crippen LogP contribution in [0.3, 0.4) is 0 Å². The average Bonchev–Trinajstić information content (AvgIpc) is 2.95. The minimum Gasteiger partial charge on any atom is -0.326 e. The Bertz CT molecular complexity index is 425. The Hall–Kier alpha value is -0.860. The monoisotopic (exact) mass is 272 g/mol. The fourth-order valence-electron chi connectivity index (χ4n) is 4.16. The minimum atomic E-state index is 0.666. The van der Waals surface area contributed by atoms with Gasteiger partial charge in [0.1, 0.15) is 0 Å². The van der Waals surface area contributed by atoms with Crippen molar-refractivity contribution < 1.29 is 0 Å². The molecule has 1 aliphatic carbocycles. The van der Waals surface area contributed by atoms with Gasteiger partial charge >= 0.3 is 0 Å².